The van der Waals surface area contributed by atoms with E-state index >= 15 is 0 Å². The maximum atomic E-state index is 14.1. The molecule has 2 fully saturated rings. The van der Waals surface area contributed by atoms with E-state index in [2.05, 4.69) is 25.8 Å². The first-order chi connectivity index (χ1) is 20.4. The lowest BCUT2D eigenvalue weighted by Gasteiger charge is -2.39. The number of nitrogens with one attached hydrogen (secondary N) is 2. The van der Waals surface area contributed by atoms with E-state index in [0.29, 0.717) is 55.8 Å². The van der Waals surface area contributed by atoms with Crippen molar-refractivity contribution >= 4 is 28.9 Å². The Labute approximate surface area is 244 Å². The van der Waals surface area contributed by atoms with Gasteiger partial charge in [0.1, 0.15) is 5.54 Å². The summed E-state index contributed by atoms with van der Waals surface area (Å²) in [6, 6.07) is 15.4. The molecule has 1 spiro atoms. The lowest BCUT2D eigenvalue weighted by Crippen LogP contribution is -2.55. The second kappa shape index (κ2) is 11.3. The molecule has 0 bridgehead atoms. The van der Waals surface area contributed by atoms with Crippen molar-refractivity contribution in [3.05, 3.63) is 78.1 Å². The lowest BCUT2D eigenvalue weighted by molar-refractivity contribution is -0.137. The average molecular weight is 572 g/mol. The fraction of sp³-hybridized carbons (Fsp3) is 0.419. The van der Waals surface area contributed by atoms with E-state index in [-0.39, 0.29) is 12.5 Å². The lowest BCUT2D eigenvalue weighted by atomic mass is 9.82. The number of aliphatic hydroxyl groups is 2. The molecule has 2 amide bonds. The van der Waals surface area contributed by atoms with E-state index in [4.69, 9.17) is 5.11 Å². The molecule has 11 heteroatoms. The summed E-state index contributed by atoms with van der Waals surface area (Å²) in [5, 5.41) is 35.2. The molecule has 0 radical (unpaired) electrons. The number of aliphatic hydroxyl groups excluding tert-OH is 1. The number of para-hydroxylation sites is 1. The van der Waals surface area contributed by atoms with Crippen LogP contribution in [0.25, 0.3) is 0 Å². The van der Waals surface area contributed by atoms with Crippen LogP contribution in [0.5, 0.6) is 0 Å². The molecule has 6 rings (SSSR count). The molecule has 2 saturated heterocycles. The topological polar surface area (TPSA) is 136 Å². The van der Waals surface area contributed by atoms with Crippen LogP contribution in [0.4, 0.5) is 17.1 Å². The molecule has 1 aromatic heterocycles. The molecule has 0 aliphatic carbocycles. The quantitative estimate of drug-likeness (QED) is 0.287. The number of nitrogens with zero attached hydrogens (tertiary/aromatic N) is 5. The van der Waals surface area contributed by atoms with Gasteiger partial charge in [-0.05, 0) is 62.7 Å². The van der Waals surface area contributed by atoms with Crippen molar-refractivity contribution in [2.24, 2.45) is 5.92 Å². The zero-order valence-electron chi connectivity index (χ0n) is 23.7. The van der Waals surface area contributed by atoms with Crippen LogP contribution >= 0.6 is 0 Å². The van der Waals surface area contributed by atoms with Crippen molar-refractivity contribution in [1.29, 1.82) is 0 Å². The molecular weight excluding hydrogens is 534 g/mol. The SMILES string of the molecule is C[C@@H](/C=C/CCn1cc(CCO)nn1)[C@]1(O)C(=O)Nc2ccc(N3CN(c4ccccc4)C4(CCNCC4)C3=O)cc21. The van der Waals surface area contributed by atoms with Crippen LogP contribution in [0, 0.1) is 5.92 Å². The number of aryl methyl sites for hydroxylation is 1. The standard InChI is InChI=1S/C31H37N7O4/c1-22(7-5-6-17-36-20-23(12-18-39)34-35-36)31(42)26-19-25(10-11-27(26)33-28(31)40)37-21-38(24-8-3-2-4-9-24)30(29(37)41)13-15-32-16-14-30/h2-5,7-11,19-20,22,32,39,42H,6,12-18,21H2,1H3,(H,33,40)/b7-5+/t22-,31+/m0/s1. The number of allylic oxidation sites excluding steroid dienone is 1. The maximum Gasteiger partial charge on any atom is 0.261 e. The molecule has 4 heterocycles. The molecule has 0 unspecified atom stereocenters. The minimum Gasteiger partial charge on any atom is -0.396 e. The number of fused-ring (bicyclic) bond motifs is 1. The van der Waals surface area contributed by atoms with Crippen molar-refractivity contribution in [1.82, 2.24) is 20.3 Å². The molecule has 3 aliphatic heterocycles. The molecule has 11 nitrogen and oxygen atoms in total. The zero-order valence-corrected chi connectivity index (χ0v) is 23.7. The van der Waals surface area contributed by atoms with Gasteiger partial charge in [0, 0.05) is 54.3 Å². The van der Waals surface area contributed by atoms with E-state index in [0.717, 1.165) is 24.5 Å². The van der Waals surface area contributed by atoms with Crippen molar-refractivity contribution in [2.75, 3.05) is 41.5 Å². The van der Waals surface area contributed by atoms with Crippen molar-refractivity contribution in [3.63, 3.8) is 0 Å². The van der Waals surface area contributed by atoms with Crippen LogP contribution in [0.1, 0.15) is 37.4 Å². The van der Waals surface area contributed by atoms with Gasteiger partial charge in [-0.2, -0.15) is 0 Å². The van der Waals surface area contributed by atoms with Gasteiger partial charge in [0.05, 0.1) is 12.4 Å². The Morgan fingerprint density at radius 3 is 2.64 bits per heavy atom. The number of amides is 2. The number of anilines is 3. The molecule has 2 atom stereocenters. The van der Waals surface area contributed by atoms with Gasteiger partial charge in [-0.25, -0.2) is 0 Å². The third kappa shape index (κ3) is 4.77. The first kappa shape index (κ1) is 28.1. The first-order valence-corrected chi connectivity index (χ1v) is 14.6. The Kier molecular flexibility index (Phi) is 7.56. The third-order valence-electron chi connectivity index (χ3n) is 8.82. The predicted molar refractivity (Wildman–Crippen MR) is 159 cm³/mol. The zero-order chi connectivity index (χ0) is 29.3. The number of carbonyl (C=O) groups is 2. The highest BCUT2D eigenvalue weighted by Gasteiger charge is 2.54. The predicted octanol–water partition coefficient (Wildman–Crippen LogP) is 2.17. The van der Waals surface area contributed by atoms with Gasteiger partial charge in [-0.3, -0.25) is 19.2 Å². The van der Waals surface area contributed by atoms with E-state index < -0.39 is 23.0 Å². The van der Waals surface area contributed by atoms with Gasteiger partial charge in [-0.15, -0.1) is 5.10 Å². The highest BCUT2D eigenvalue weighted by atomic mass is 16.3. The largest absolute Gasteiger partial charge is 0.396 e. The summed E-state index contributed by atoms with van der Waals surface area (Å²) in [5.41, 5.74) is 0.983. The van der Waals surface area contributed by atoms with Gasteiger partial charge in [0.25, 0.3) is 11.8 Å². The highest BCUT2D eigenvalue weighted by Crippen LogP contribution is 2.45. The Hall–Kier alpha value is -4.06. The number of piperidine rings is 1. The maximum absolute atomic E-state index is 14.1. The molecule has 0 saturated carbocycles. The van der Waals surface area contributed by atoms with E-state index in [1.165, 1.54) is 0 Å². The van der Waals surface area contributed by atoms with Gasteiger partial charge >= 0.3 is 0 Å². The Morgan fingerprint density at radius 2 is 1.88 bits per heavy atom. The minimum absolute atomic E-state index is 0.0233. The number of aromatic nitrogens is 3. The number of benzene rings is 2. The van der Waals surface area contributed by atoms with Crippen molar-refractivity contribution in [3.8, 4) is 0 Å². The molecule has 3 aromatic rings. The van der Waals surface area contributed by atoms with Crippen molar-refractivity contribution in [2.45, 2.75) is 50.3 Å². The van der Waals surface area contributed by atoms with Gasteiger partial charge in [0.2, 0.25) is 0 Å². The van der Waals surface area contributed by atoms with Crippen LogP contribution < -0.4 is 20.4 Å². The second-order valence-corrected chi connectivity index (χ2v) is 11.3. The van der Waals surface area contributed by atoms with Gasteiger partial charge in [0.15, 0.2) is 5.60 Å². The van der Waals surface area contributed by atoms with Gasteiger partial charge in [-0.1, -0.05) is 42.5 Å². The Balaban J connectivity index is 1.24. The molecule has 3 aliphatic rings. The summed E-state index contributed by atoms with van der Waals surface area (Å²) in [6.07, 6.45) is 8.06. The molecule has 220 valence electrons. The summed E-state index contributed by atoms with van der Waals surface area (Å²) >= 11 is 0. The first-order valence-electron chi connectivity index (χ1n) is 14.6. The summed E-state index contributed by atoms with van der Waals surface area (Å²) in [4.78, 5) is 31.3. The van der Waals surface area contributed by atoms with Crippen LogP contribution in [0.2, 0.25) is 0 Å². The third-order valence-corrected chi connectivity index (χ3v) is 8.82. The molecule has 4 N–H and O–H groups in total. The smallest absolute Gasteiger partial charge is 0.261 e. The van der Waals surface area contributed by atoms with Crippen LogP contribution in [-0.4, -0.2) is 68.9 Å². The Morgan fingerprint density at radius 1 is 1.10 bits per heavy atom. The van der Waals surface area contributed by atoms with Crippen LogP contribution in [0.3, 0.4) is 0 Å². The van der Waals surface area contributed by atoms with Crippen LogP contribution in [0.15, 0.2) is 66.9 Å². The molecule has 2 aromatic carbocycles. The summed E-state index contributed by atoms with van der Waals surface area (Å²) in [6.45, 7) is 4.33. The fourth-order valence-corrected chi connectivity index (χ4v) is 6.41. The minimum atomic E-state index is -1.78. The van der Waals surface area contributed by atoms with E-state index in [1.807, 2.05) is 55.5 Å². The second-order valence-electron chi connectivity index (χ2n) is 11.3. The van der Waals surface area contributed by atoms with E-state index in [9.17, 15) is 14.7 Å². The molecule has 42 heavy (non-hydrogen) atoms. The summed E-state index contributed by atoms with van der Waals surface area (Å²) in [7, 11) is 0. The fourth-order valence-electron chi connectivity index (χ4n) is 6.41. The number of carbonyl (C=O) groups excluding carboxylic acids is 2. The summed E-state index contributed by atoms with van der Waals surface area (Å²) < 4.78 is 1.71. The number of hydrogen-bond donors (Lipinski definition) is 4. The highest BCUT2D eigenvalue weighted by molar-refractivity contribution is 6.08. The Bertz CT molecular complexity index is 1480. The number of rotatable bonds is 9. The summed E-state index contributed by atoms with van der Waals surface area (Å²) in [5.74, 6) is -0.970. The number of hydrogen-bond acceptors (Lipinski definition) is 8. The normalized spacial score (nSPS) is 22.3. The van der Waals surface area contributed by atoms with E-state index in [1.54, 1.807) is 27.9 Å². The average Bonchev–Trinajstić information content (AvgIpc) is 3.65. The van der Waals surface area contributed by atoms with Crippen LogP contribution in [-0.2, 0) is 28.2 Å². The molecular formula is C31H37N7O4. The monoisotopic (exact) mass is 571 g/mol. The van der Waals surface area contributed by atoms with Crippen molar-refractivity contribution < 1.29 is 19.8 Å². The van der Waals surface area contributed by atoms with Gasteiger partial charge < -0.3 is 25.7 Å².